The number of rotatable bonds is 7. The normalized spacial score (nSPS) is 12.2. The molecule has 2 unspecified atom stereocenters. The van der Waals surface area contributed by atoms with E-state index in [1.165, 1.54) is 0 Å². The van der Waals surface area contributed by atoms with Crippen molar-refractivity contribution in [2.24, 2.45) is 17.6 Å². The number of hydrogen-bond acceptors (Lipinski definition) is 2. The molecule has 0 aromatic heterocycles. The molecule has 5 heteroatoms. The lowest BCUT2D eigenvalue weighted by atomic mass is 9.92. The first-order valence-electron chi connectivity index (χ1n) is 6.04. The lowest BCUT2D eigenvalue weighted by Gasteiger charge is -2.25. The Hall–Kier alpha value is -1.10. The summed E-state index contributed by atoms with van der Waals surface area (Å²) >= 11 is 0. The first-order chi connectivity index (χ1) is 7.67. The summed E-state index contributed by atoms with van der Waals surface area (Å²) in [5.41, 5.74) is 5.21. The van der Waals surface area contributed by atoms with Crippen molar-refractivity contribution in [3.63, 3.8) is 0 Å². The topological polar surface area (TPSA) is 72.2 Å². The van der Waals surface area contributed by atoms with Crippen LogP contribution in [0.25, 0.3) is 0 Å². The third-order valence-electron chi connectivity index (χ3n) is 2.71. The van der Waals surface area contributed by atoms with Gasteiger partial charge in [0.2, 0.25) is 11.8 Å². The van der Waals surface area contributed by atoms with Gasteiger partial charge < -0.3 is 15.5 Å². The van der Waals surface area contributed by atoms with E-state index in [1.807, 2.05) is 28.1 Å². The van der Waals surface area contributed by atoms with Gasteiger partial charge in [0, 0.05) is 11.8 Å². The molecule has 0 aliphatic heterocycles. The van der Waals surface area contributed by atoms with E-state index in [1.54, 1.807) is 6.92 Å². The highest BCUT2D eigenvalue weighted by Gasteiger charge is 2.22. The van der Waals surface area contributed by atoms with E-state index in [4.69, 9.17) is 5.73 Å². The van der Waals surface area contributed by atoms with Gasteiger partial charge in [-0.2, -0.15) is 0 Å². The molecule has 0 fully saturated rings. The van der Waals surface area contributed by atoms with Crippen molar-refractivity contribution < 1.29 is 14.1 Å². The van der Waals surface area contributed by atoms with E-state index in [-0.39, 0.29) is 53.4 Å². The molecule has 3 N–H and O–H groups in total. The van der Waals surface area contributed by atoms with Gasteiger partial charge in [-0.15, -0.1) is 0 Å². The monoisotopic (exact) mass is 308 g/mol. The number of hydrogen-bond donors (Lipinski definition) is 2. The van der Waals surface area contributed by atoms with Gasteiger partial charge in [0.05, 0.1) is 21.1 Å². The van der Waals surface area contributed by atoms with Crippen LogP contribution in [-0.2, 0) is 9.59 Å². The molecule has 0 aliphatic carbocycles. The zero-order chi connectivity index (χ0) is 13.6. The van der Waals surface area contributed by atoms with E-state index in [2.05, 4.69) is 5.32 Å². The fourth-order valence-electron chi connectivity index (χ4n) is 1.46. The predicted octanol–water partition coefficient (Wildman–Crippen LogP) is 2.85. The van der Waals surface area contributed by atoms with Gasteiger partial charge in [0.1, 0.15) is 0 Å². The molecule has 0 bridgehead atoms. The smallest absolute Gasteiger partial charge is 0.227 e. The molecule has 0 aromatic rings. The van der Waals surface area contributed by atoms with E-state index < -0.39 is 0 Å². The van der Waals surface area contributed by atoms with Crippen LogP contribution in [-0.4, -0.2) is 44.1 Å². The fraction of sp³-hybridized carbons (Fsp3) is 0.875. The second kappa shape index (κ2) is 13.9. The molecule has 5 nitrogen and oxygen atoms in total. The molecule has 0 aromatic carbocycles. The lowest BCUT2D eigenvalue weighted by molar-refractivity contribution is -0.872. The number of carbonyl (C=O) groups is 2. The maximum atomic E-state index is 11.9. The Morgan fingerprint density at radius 1 is 1.10 bits per heavy atom. The van der Waals surface area contributed by atoms with Gasteiger partial charge in [-0.3, -0.25) is 9.59 Å². The number of primary amides is 1. The number of carbonyl (C=O) groups excluding carboxylic acids is 2. The van der Waals surface area contributed by atoms with Crippen molar-refractivity contribution in [2.75, 3.05) is 27.8 Å². The lowest BCUT2D eigenvalue weighted by Crippen LogP contribution is -2.47. The van der Waals surface area contributed by atoms with Crippen LogP contribution in [0.5, 0.6) is 0 Å². The molecule has 132 valence electrons. The molecule has 0 heterocycles. The molecule has 0 rings (SSSR count). The Bertz CT molecular complexity index is 273. The van der Waals surface area contributed by atoms with Crippen LogP contribution in [0.3, 0.4) is 0 Å². The molecule has 0 spiro atoms. The van der Waals surface area contributed by atoms with Gasteiger partial charge in [-0.05, 0) is 12.8 Å². The molecule has 0 saturated carbocycles. The highest BCUT2D eigenvalue weighted by molar-refractivity contribution is 5.80. The number of nitrogens with one attached hydrogen (secondary N) is 1. The molecule has 0 saturated heterocycles. The van der Waals surface area contributed by atoms with Crippen molar-refractivity contribution in [1.29, 1.82) is 0 Å². The molecular weight excluding hydrogens is 266 g/mol. The minimum absolute atomic E-state index is 0. The molecule has 0 aliphatic rings. The highest BCUT2D eigenvalue weighted by atomic mass is 16.2. The van der Waals surface area contributed by atoms with E-state index in [9.17, 15) is 9.59 Å². The van der Waals surface area contributed by atoms with Crippen LogP contribution in [0.2, 0.25) is 0 Å². The molecular formula is C16H42N3O2+. The van der Waals surface area contributed by atoms with Crippen LogP contribution in [0.15, 0.2) is 0 Å². The summed E-state index contributed by atoms with van der Waals surface area (Å²) in [6, 6.07) is 0. The number of nitrogens with two attached hydrogens (primary N) is 1. The molecule has 2 amide bonds. The standard InChI is InChI=1S/C12H25N3O2.4CH4/c1-6-10(7-9(2)11(13)16)12(17)14-8-15(3,4)5;;;;/h9-10H,6-8H2,1-5H3,(H2-,13,14,16,17);4*1H4/p+1. The van der Waals surface area contributed by atoms with Crippen molar-refractivity contribution in [3.05, 3.63) is 0 Å². The van der Waals surface area contributed by atoms with Crippen LogP contribution < -0.4 is 11.1 Å². The zero-order valence-corrected chi connectivity index (χ0v) is 11.6. The van der Waals surface area contributed by atoms with E-state index >= 15 is 0 Å². The van der Waals surface area contributed by atoms with Crippen molar-refractivity contribution in [1.82, 2.24) is 5.32 Å². The van der Waals surface area contributed by atoms with Crippen molar-refractivity contribution >= 4 is 11.8 Å². The summed E-state index contributed by atoms with van der Waals surface area (Å²) in [5, 5.41) is 2.90. The average Bonchev–Trinajstić information content (AvgIpc) is 2.20. The minimum atomic E-state index is -0.345. The van der Waals surface area contributed by atoms with Gasteiger partial charge in [0.25, 0.3) is 0 Å². The summed E-state index contributed by atoms with van der Waals surface area (Å²) in [6.07, 6.45) is 1.25. The van der Waals surface area contributed by atoms with Gasteiger partial charge in [0.15, 0.2) is 6.67 Å². The first-order valence-corrected chi connectivity index (χ1v) is 6.04. The molecule has 2 atom stereocenters. The number of quaternary nitrogens is 1. The Morgan fingerprint density at radius 2 is 1.52 bits per heavy atom. The maximum absolute atomic E-state index is 11.9. The third kappa shape index (κ3) is 15.1. The summed E-state index contributed by atoms with van der Waals surface area (Å²) in [7, 11) is 6.02. The van der Waals surface area contributed by atoms with Crippen LogP contribution in [0.4, 0.5) is 0 Å². The summed E-state index contributed by atoms with van der Waals surface area (Å²) in [6.45, 7) is 4.29. The maximum Gasteiger partial charge on any atom is 0.227 e. The van der Waals surface area contributed by atoms with Gasteiger partial charge in [-0.1, -0.05) is 43.6 Å². The Kier molecular flexibility index (Phi) is 21.1. The third-order valence-corrected chi connectivity index (χ3v) is 2.71. The van der Waals surface area contributed by atoms with Crippen LogP contribution in [0, 0.1) is 11.8 Å². The zero-order valence-electron chi connectivity index (χ0n) is 11.6. The fourth-order valence-corrected chi connectivity index (χ4v) is 1.46. The van der Waals surface area contributed by atoms with Crippen LogP contribution in [0.1, 0.15) is 56.4 Å². The van der Waals surface area contributed by atoms with Gasteiger partial charge >= 0.3 is 0 Å². The number of amides is 2. The first kappa shape index (κ1) is 32.0. The van der Waals surface area contributed by atoms with Crippen molar-refractivity contribution in [2.45, 2.75) is 56.4 Å². The Morgan fingerprint density at radius 3 is 1.81 bits per heavy atom. The highest BCUT2D eigenvalue weighted by Crippen LogP contribution is 2.15. The second-order valence-electron chi connectivity index (χ2n) is 5.63. The van der Waals surface area contributed by atoms with E-state index in [0.717, 1.165) is 6.42 Å². The molecule has 21 heavy (non-hydrogen) atoms. The molecule has 0 radical (unpaired) electrons. The largest absolute Gasteiger partial charge is 0.369 e. The minimum Gasteiger partial charge on any atom is -0.369 e. The van der Waals surface area contributed by atoms with Gasteiger partial charge in [-0.25, -0.2) is 0 Å². The van der Waals surface area contributed by atoms with Crippen molar-refractivity contribution in [3.8, 4) is 0 Å². The number of nitrogens with zero attached hydrogens (tertiary/aromatic N) is 1. The average molecular weight is 309 g/mol. The second-order valence-corrected chi connectivity index (χ2v) is 5.63. The summed E-state index contributed by atoms with van der Waals surface area (Å²) in [4.78, 5) is 22.9. The predicted molar refractivity (Wildman–Crippen MR) is 94.7 cm³/mol. The Labute approximate surface area is 133 Å². The van der Waals surface area contributed by atoms with E-state index in [0.29, 0.717) is 17.6 Å². The summed E-state index contributed by atoms with van der Waals surface area (Å²) < 4.78 is 0.674. The SMILES string of the molecule is C.C.C.C.CCC(CC(C)C(N)=O)C(=O)NC[N+](C)(C)C. The Balaban J connectivity index is -0.000000213. The summed E-state index contributed by atoms with van der Waals surface area (Å²) in [5.74, 6) is -0.727. The van der Waals surface area contributed by atoms with Crippen LogP contribution >= 0.6 is 0 Å². The quantitative estimate of drug-likeness (QED) is 0.561.